The van der Waals surface area contributed by atoms with Crippen molar-refractivity contribution in [3.8, 4) is 22.4 Å². The maximum absolute atomic E-state index is 12.7. The Bertz CT molecular complexity index is 1830. The third-order valence-electron chi connectivity index (χ3n) is 7.60. The van der Waals surface area contributed by atoms with Gasteiger partial charge in [0.2, 0.25) is 5.91 Å². The lowest BCUT2D eigenvalue weighted by Crippen LogP contribution is -2.52. The molecule has 2 amide bonds. The Hall–Kier alpha value is -4.98. The molecular weight excluding hydrogens is 526 g/mol. The molecule has 8 heteroatoms. The number of rotatable bonds is 6. The molecule has 2 aromatic heterocycles. The first kappa shape index (κ1) is 27.2. The van der Waals surface area contributed by atoms with E-state index >= 15 is 0 Å². The molecule has 0 aliphatic heterocycles. The number of hydrogen-bond acceptors (Lipinski definition) is 5. The van der Waals surface area contributed by atoms with E-state index < -0.39 is 23.1 Å². The van der Waals surface area contributed by atoms with Gasteiger partial charge in [0.1, 0.15) is 5.60 Å². The predicted molar refractivity (Wildman–Crippen MR) is 164 cm³/mol. The maximum Gasteiger partial charge on any atom is 0.408 e. The molecule has 1 saturated carbocycles. The molecule has 2 heterocycles. The highest BCUT2D eigenvalue weighted by molar-refractivity contribution is 5.97. The van der Waals surface area contributed by atoms with Gasteiger partial charge in [0.25, 0.3) is 0 Å². The van der Waals surface area contributed by atoms with Crippen LogP contribution in [0.25, 0.3) is 45.0 Å². The molecule has 212 valence electrons. The van der Waals surface area contributed by atoms with Crippen molar-refractivity contribution in [2.24, 2.45) is 5.73 Å². The molecule has 1 fully saturated rings. The molecule has 0 radical (unpaired) electrons. The first-order chi connectivity index (χ1) is 20.1. The molecule has 0 saturated heterocycles. The third kappa shape index (κ3) is 5.35. The van der Waals surface area contributed by atoms with E-state index in [-0.39, 0.29) is 0 Å². The van der Waals surface area contributed by atoms with Gasteiger partial charge in [-0.3, -0.25) is 4.79 Å². The number of nitrogens with two attached hydrogens (primary N) is 1. The first-order valence-electron chi connectivity index (χ1n) is 14.1. The summed E-state index contributed by atoms with van der Waals surface area (Å²) in [6.07, 6.45) is 7.40. The molecule has 0 unspecified atom stereocenters. The Kier molecular flexibility index (Phi) is 6.77. The summed E-state index contributed by atoms with van der Waals surface area (Å²) in [6, 6.07) is 24.2. The lowest BCUT2D eigenvalue weighted by molar-refractivity contribution is -0.113. The summed E-state index contributed by atoms with van der Waals surface area (Å²) in [7, 11) is 0. The summed E-state index contributed by atoms with van der Waals surface area (Å²) < 4.78 is 7.36. The molecule has 3 aromatic carbocycles. The second kappa shape index (κ2) is 10.4. The van der Waals surface area contributed by atoms with Gasteiger partial charge in [-0.2, -0.15) is 5.10 Å². The second-order valence-electron chi connectivity index (χ2n) is 11.8. The zero-order chi connectivity index (χ0) is 29.5. The van der Waals surface area contributed by atoms with Gasteiger partial charge < -0.3 is 15.8 Å². The largest absolute Gasteiger partial charge is 0.444 e. The normalized spacial score (nSPS) is 14.6. The molecule has 6 rings (SSSR count). The first-order valence-corrected chi connectivity index (χ1v) is 14.1. The summed E-state index contributed by atoms with van der Waals surface area (Å²) in [5.74, 6) is -0.503. The van der Waals surface area contributed by atoms with Crippen LogP contribution in [0.3, 0.4) is 0 Å². The van der Waals surface area contributed by atoms with Gasteiger partial charge in [-0.1, -0.05) is 60.7 Å². The van der Waals surface area contributed by atoms with Gasteiger partial charge >= 0.3 is 6.09 Å². The monoisotopic (exact) mass is 559 g/mol. The van der Waals surface area contributed by atoms with Crippen LogP contribution >= 0.6 is 0 Å². The van der Waals surface area contributed by atoms with E-state index in [9.17, 15) is 9.59 Å². The van der Waals surface area contributed by atoms with Crippen molar-refractivity contribution in [1.82, 2.24) is 19.9 Å². The van der Waals surface area contributed by atoms with Crippen LogP contribution in [-0.2, 0) is 15.1 Å². The lowest BCUT2D eigenvalue weighted by Gasteiger charge is -2.43. The van der Waals surface area contributed by atoms with Crippen LogP contribution < -0.4 is 11.1 Å². The molecule has 1 aliphatic carbocycles. The fourth-order valence-corrected chi connectivity index (χ4v) is 5.45. The highest BCUT2D eigenvalue weighted by Gasteiger charge is 2.41. The Labute approximate surface area is 244 Å². The number of carbonyl (C=O) groups excluding carboxylic acids is 2. The van der Waals surface area contributed by atoms with Crippen molar-refractivity contribution >= 4 is 34.6 Å². The Balaban J connectivity index is 1.43. The average molecular weight is 560 g/mol. The maximum atomic E-state index is 12.7. The van der Waals surface area contributed by atoms with Crippen molar-refractivity contribution in [3.63, 3.8) is 0 Å². The smallest absolute Gasteiger partial charge is 0.408 e. The number of primary amides is 1. The summed E-state index contributed by atoms with van der Waals surface area (Å²) in [5.41, 5.74) is 11.4. The minimum absolute atomic E-state index is 0.401. The SMILES string of the molecule is CC(C)(C)OC(=O)NC1(c2ccc(-c3nc4c5cc(C=CC(N)=O)ccc5nn4cc3-c3ccccc3)cc2)CCC1. The molecule has 42 heavy (non-hydrogen) atoms. The van der Waals surface area contributed by atoms with Gasteiger partial charge in [0.05, 0.1) is 16.7 Å². The van der Waals surface area contributed by atoms with Crippen LogP contribution in [0.5, 0.6) is 0 Å². The fraction of sp³-hybridized carbons (Fsp3) is 0.235. The molecule has 0 spiro atoms. The number of benzene rings is 3. The van der Waals surface area contributed by atoms with Crippen molar-refractivity contribution in [2.45, 2.75) is 51.2 Å². The number of amides is 2. The number of hydrogen-bond donors (Lipinski definition) is 2. The molecular formula is C34H33N5O3. The van der Waals surface area contributed by atoms with Crippen LogP contribution in [0.1, 0.15) is 51.2 Å². The molecule has 0 bridgehead atoms. The summed E-state index contributed by atoms with van der Waals surface area (Å²) in [5, 5.41) is 8.79. The number of aromatic nitrogens is 3. The molecule has 3 N–H and O–H groups in total. The van der Waals surface area contributed by atoms with Crippen LogP contribution in [0, 0.1) is 0 Å². The van der Waals surface area contributed by atoms with E-state index in [2.05, 4.69) is 41.7 Å². The lowest BCUT2D eigenvalue weighted by atomic mass is 9.71. The van der Waals surface area contributed by atoms with E-state index in [0.29, 0.717) is 5.65 Å². The zero-order valence-electron chi connectivity index (χ0n) is 23.9. The Morgan fingerprint density at radius 3 is 2.38 bits per heavy atom. The van der Waals surface area contributed by atoms with E-state index in [1.165, 1.54) is 6.08 Å². The number of carbonyl (C=O) groups is 2. The highest BCUT2D eigenvalue weighted by atomic mass is 16.6. The summed E-state index contributed by atoms with van der Waals surface area (Å²) in [6.45, 7) is 5.60. The van der Waals surface area contributed by atoms with Crippen LogP contribution in [0.15, 0.2) is 85.1 Å². The predicted octanol–water partition coefficient (Wildman–Crippen LogP) is 6.62. The molecule has 8 nitrogen and oxygen atoms in total. The van der Waals surface area contributed by atoms with Crippen LogP contribution in [0.2, 0.25) is 0 Å². The van der Waals surface area contributed by atoms with E-state index in [4.69, 9.17) is 20.6 Å². The number of nitrogens with zero attached hydrogens (tertiary/aromatic N) is 3. The average Bonchev–Trinajstić information content (AvgIpc) is 3.30. The van der Waals surface area contributed by atoms with Crippen LogP contribution in [0.4, 0.5) is 4.79 Å². The van der Waals surface area contributed by atoms with E-state index in [1.807, 2.05) is 63.4 Å². The Morgan fingerprint density at radius 1 is 1.00 bits per heavy atom. The molecule has 0 atom stereocenters. The van der Waals surface area contributed by atoms with E-state index in [0.717, 1.165) is 63.7 Å². The quantitative estimate of drug-likeness (QED) is 0.227. The van der Waals surface area contributed by atoms with Crippen molar-refractivity contribution in [3.05, 3.63) is 96.2 Å². The fourth-order valence-electron chi connectivity index (χ4n) is 5.45. The zero-order valence-corrected chi connectivity index (χ0v) is 23.9. The van der Waals surface area contributed by atoms with Gasteiger partial charge in [-0.15, -0.1) is 0 Å². The number of fused-ring (bicyclic) bond motifs is 3. The minimum Gasteiger partial charge on any atom is -0.444 e. The van der Waals surface area contributed by atoms with Gasteiger partial charge in [0.15, 0.2) is 5.65 Å². The number of alkyl carbamates (subject to hydrolysis) is 1. The van der Waals surface area contributed by atoms with E-state index in [1.54, 1.807) is 10.6 Å². The number of ether oxygens (including phenoxy) is 1. The summed E-state index contributed by atoms with van der Waals surface area (Å²) in [4.78, 5) is 29.1. The third-order valence-corrected chi connectivity index (χ3v) is 7.60. The molecule has 5 aromatic rings. The highest BCUT2D eigenvalue weighted by Crippen LogP contribution is 2.42. The second-order valence-corrected chi connectivity index (χ2v) is 11.8. The minimum atomic E-state index is -0.562. The standard InChI is InChI=1S/C34H33N5O3/c1-33(2,3)42-32(41)37-34(18-7-19-34)25-14-12-24(13-15-25)30-27(23-8-5-4-6-9-23)21-39-31(36-30)26-20-22(11-17-29(35)40)10-16-28(26)38-39/h4-6,8-17,20-21H,7,18-19H2,1-3H3,(H2,35,40)(H,37,41). The topological polar surface area (TPSA) is 112 Å². The van der Waals surface area contributed by atoms with Crippen molar-refractivity contribution in [1.29, 1.82) is 0 Å². The van der Waals surface area contributed by atoms with Gasteiger partial charge in [0, 0.05) is 28.8 Å². The number of nitrogens with one attached hydrogen (secondary N) is 1. The van der Waals surface area contributed by atoms with Gasteiger partial charge in [-0.25, -0.2) is 14.3 Å². The van der Waals surface area contributed by atoms with Gasteiger partial charge in [-0.05, 0) is 74.9 Å². The van der Waals surface area contributed by atoms with Crippen molar-refractivity contribution in [2.75, 3.05) is 0 Å². The molecule has 1 aliphatic rings. The van der Waals surface area contributed by atoms with Crippen LogP contribution in [-0.4, -0.2) is 32.2 Å². The summed E-state index contributed by atoms with van der Waals surface area (Å²) >= 11 is 0. The van der Waals surface area contributed by atoms with Crippen molar-refractivity contribution < 1.29 is 14.3 Å². The Morgan fingerprint density at radius 2 is 1.74 bits per heavy atom.